The normalized spacial score (nSPS) is 11.5. The fourth-order valence-corrected chi connectivity index (χ4v) is 4.21. The van der Waals surface area contributed by atoms with Gasteiger partial charge in [0, 0.05) is 22.9 Å². The van der Waals surface area contributed by atoms with Crippen molar-refractivity contribution >= 4 is 34.7 Å². The third-order valence-corrected chi connectivity index (χ3v) is 5.95. The summed E-state index contributed by atoms with van der Waals surface area (Å²) in [5.41, 5.74) is 5.52. The second-order valence-electron chi connectivity index (χ2n) is 7.91. The van der Waals surface area contributed by atoms with Crippen LogP contribution in [0.25, 0.3) is 22.4 Å². The summed E-state index contributed by atoms with van der Waals surface area (Å²) in [6, 6.07) is 7.35. The predicted molar refractivity (Wildman–Crippen MR) is 128 cm³/mol. The zero-order valence-electron chi connectivity index (χ0n) is 18.6. The van der Waals surface area contributed by atoms with Gasteiger partial charge in [0.25, 0.3) is 12.0 Å². The van der Waals surface area contributed by atoms with Gasteiger partial charge in [0.05, 0.1) is 6.20 Å². The fourth-order valence-electron chi connectivity index (χ4n) is 3.44. The first kappa shape index (κ1) is 24.5. The lowest BCUT2D eigenvalue weighted by Gasteiger charge is -2.15. The third kappa shape index (κ3) is 5.06. The van der Waals surface area contributed by atoms with Gasteiger partial charge in [-0.05, 0) is 43.5 Å². The van der Waals surface area contributed by atoms with Gasteiger partial charge in [-0.3, -0.25) is 9.36 Å². The van der Waals surface area contributed by atoms with E-state index in [1.807, 2.05) is 0 Å². The summed E-state index contributed by atoms with van der Waals surface area (Å²) in [4.78, 5) is 25.3. The van der Waals surface area contributed by atoms with Crippen molar-refractivity contribution in [2.75, 3.05) is 10.5 Å². The number of hydrogen-bond acceptors (Lipinski definition) is 7. The van der Waals surface area contributed by atoms with Crippen molar-refractivity contribution in [1.82, 2.24) is 19.5 Å². The van der Waals surface area contributed by atoms with Crippen LogP contribution in [0.4, 0.5) is 29.2 Å². The summed E-state index contributed by atoms with van der Waals surface area (Å²) in [5, 5.41) is 0. The smallest absolute Gasteiger partial charge is 0.278 e. The van der Waals surface area contributed by atoms with Gasteiger partial charge in [-0.25, -0.2) is 27.5 Å². The molecule has 0 spiro atoms. The number of benzene rings is 2. The first-order valence-corrected chi connectivity index (χ1v) is 11.4. The van der Waals surface area contributed by atoms with Crippen molar-refractivity contribution in [1.29, 1.82) is 0 Å². The van der Waals surface area contributed by atoms with Crippen LogP contribution in [0, 0.1) is 11.6 Å². The maximum atomic E-state index is 14.8. The van der Waals surface area contributed by atoms with E-state index in [4.69, 9.17) is 5.73 Å². The van der Waals surface area contributed by atoms with Gasteiger partial charge in [0.1, 0.15) is 16.9 Å². The number of nitrogens with zero attached hydrogens (tertiary/aromatic N) is 4. The van der Waals surface area contributed by atoms with Crippen molar-refractivity contribution in [3.63, 3.8) is 0 Å². The molecule has 182 valence electrons. The molecule has 0 radical (unpaired) electrons. The summed E-state index contributed by atoms with van der Waals surface area (Å²) in [6.45, 7) is 3.52. The number of nitrogens with two attached hydrogens (primary N) is 1. The van der Waals surface area contributed by atoms with Crippen LogP contribution in [0.2, 0.25) is 0 Å². The van der Waals surface area contributed by atoms with Crippen molar-refractivity contribution in [2.24, 2.45) is 0 Å². The summed E-state index contributed by atoms with van der Waals surface area (Å²) in [7, 11) is 0. The van der Waals surface area contributed by atoms with Gasteiger partial charge >= 0.3 is 0 Å². The van der Waals surface area contributed by atoms with Crippen LogP contribution in [0.3, 0.4) is 0 Å². The van der Waals surface area contributed by atoms with E-state index in [1.165, 1.54) is 35.0 Å². The van der Waals surface area contributed by atoms with E-state index >= 15 is 0 Å². The van der Waals surface area contributed by atoms with Gasteiger partial charge in [-0.2, -0.15) is 4.98 Å². The Morgan fingerprint density at radius 2 is 1.74 bits per heavy atom. The molecule has 0 saturated heterocycles. The number of fused-ring (bicyclic) bond motifs is 1. The van der Waals surface area contributed by atoms with Crippen LogP contribution in [0.15, 0.2) is 47.4 Å². The van der Waals surface area contributed by atoms with E-state index < -0.39 is 29.3 Å². The van der Waals surface area contributed by atoms with E-state index in [1.54, 1.807) is 13.8 Å². The Hall–Kier alpha value is -3.67. The Balaban J connectivity index is 1.62. The molecule has 0 aliphatic heterocycles. The Morgan fingerprint density at radius 1 is 1.09 bits per heavy atom. The average Bonchev–Trinajstić information content (AvgIpc) is 2.80. The molecular formula is C23H20F4N6OS. The van der Waals surface area contributed by atoms with Crippen molar-refractivity contribution in [3.8, 4) is 11.3 Å². The molecule has 0 saturated carbocycles. The van der Waals surface area contributed by atoms with Crippen molar-refractivity contribution in [3.05, 3.63) is 75.7 Å². The number of aromatic nitrogens is 4. The Kier molecular flexibility index (Phi) is 6.92. The van der Waals surface area contributed by atoms with Gasteiger partial charge < -0.3 is 10.5 Å². The minimum atomic E-state index is -2.57. The molecule has 0 bridgehead atoms. The lowest BCUT2D eigenvalue weighted by molar-refractivity contribution is 0.151. The lowest BCUT2D eigenvalue weighted by atomic mass is 10.1. The highest BCUT2D eigenvalue weighted by molar-refractivity contribution is 7.99. The molecular weight excluding hydrogens is 484 g/mol. The molecule has 0 aliphatic rings. The van der Waals surface area contributed by atoms with E-state index in [-0.39, 0.29) is 45.7 Å². The van der Waals surface area contributed by atoms with E-state index in [2.05, 4.69) is 19.7 Å². The monoisotopic (exact) mass is 504 g/mol. The summed E-state index contributed by atoms with van der Waals surface area (Å²) in [5.74, 6) is -1.60. The SMILES string of the molecule is CC(C)n1c(=O)c(-c2cc(F)c(NSCc3ccc(C(F)F)cc3)c(F)c2)nc2cnc(N)nc21. The van der Waals surface area contributed by atoms with Crippen molar-refractivity contribution in [2.45, 2.75) is 32.1 Å². The molecule has 2 aromatic carbocycles. The predicted octanol–water partition coefficient (Wildman–Crippen LogP) is 5.49. The van der Waals surface area contributed by atoms with Crippen molar-refractivity contribution < 1.29 is 17.6 Å². The molecule has 12 heteroatoms. The van der Waals surface area contributed by atoms with Gasteiger partial charge in [0.2, 0.25) is 5.95 Å². The average molecular weight is 505 g/mol. The van der Waals surface area contributed by atoms with Crippen LogP contribution in [-0.2, 0) is 5.75 Å². The maximum Gasteiger partial charge on any atom is 0.278 e. The molecule has 3 N–H and O–H groups in total. The van der Waals surface area contributed by atoms with Gasteiger partial charge in [0.15, 0.2) is 17.3 Å². The van der Waals surface area contributed by atoms with Gasteiger partial charge in [-0.1, -0.05) is 24.3 Å². The zero-order valence-corrected chi connectivity index (χ0v) is 19.4. The van der Waals surface area contributed by atoms with Crippen LogP contribution in [-0.4, -0.2) is 19.5 Å². The highest BCUT2D eigenvalue weighted by Crippen LogP contribution is 2.29. The van der Waals surface area contributed by atoms with E-state index in [9.17, 15) is 22.4 Å². The second kappa shape index (κ2) is 9.90. The number of alkyl halides is 2. The number of hydrogen-bond donors (Lipinski definition) is 2. The topological polar surface area (TPSA) is 98.7 Å². The van der Waals surface area contributed by atoms with Crippen LogP contribution in [0.1, 0.15) is 37.4 Å². The van der Waals surface area contributed by atoms with Crippen LogP contribution >= 0.6 is 11.9 Å². The third-order valence-electron chi connectivity index (χ3n) is 5.13. The Labute approximate surface area is 201 Å². The van der Waals surface area contributed by atoms with Gasteiger partial charge in [-0.15, -0.1) is 0 Å². The number of rotatable bonds is 7. The molecule has 7 nitrogen and oxygen atoms in total. The lowest BCUT2D eigenvalue weighted by Crippen LogP contribution is -2.26. The largest absolute Gasteiger partial charge is 0.368 e. The highest BCUT2D eigenvalue weighted by Gasteiger charge is 2.20. The summed E-state index contributed by atoms with van der Waals surface area (Å²) < 4.78 is 59.0. The molecule has 0 amide bonds. The first-order valence-electron chi connectivity index (χ1n) is 10.4. The maximum absolute atomic E-state index is 14.8. The molecule has 2 aromatic heterocycles. The Bertz CT molecular complexity index is 1420. The molecule has 2 heterocycles. The number of anilines is 2. The second-order valence-corrected chi connectivity index (χ2v) is 8.70. The minimum Gasteiger partial charge on any atom is -0.368 e. The molecule has 0 aliphatic carbocycles. The Morgan fingerprint density at radius 3 is 2.34 bits per heavy atom. The van der Waals surface area contributed by atoms with Crippen LogP contribution in [0.5, 0.6) is 0 Å². The molecule has 0 fully saturated rings. The highest BCUT2D eigenvalue weighted by atomic mass is 32.2. The summed E-state index contributed by atoms with van der Waals surface area (Å²) >= 11 is 0.989. The molecule has 4 aromatic rings. The quantitative estimate of drug-likeness (QED) is 0.254. The fraction of sp³-hybridized carbons (Fsp3) is 0.217. The standard InChI is InChI=1S/C23H20F4N6OS/c1-11(2)33-21-17(9-29-23(28)31-21)30-18(22(33)34)14-7-15(24)19(16(25)8-14)32-35-10-12-3-5-13(6-4-12)20(26)27/h3-9,11,20,32H,10H2,1-2H3,(H2,28,29,31). The molecule has 0 unspecified atom stereocenters. The first-order chi connectivity index (χ1) is 16.7. The number of halogens is 4. The number of nitrogen functional groups attached to an aromatic ring is 1. The zero-order chi connectivity index (χ0) is 25.3. The van der Waals surface area contributed by atoms with E-state index in [0.29, 0.717) is 5.56 Å². The van der Waals surface area contributed by atoms with E-state index in [0.717, 1.165) is 24.1 Å². The van der Waals surface area contributed by atoms with Crippen LogP contribution < -0.4 is 16.0 Å². The molecule has 35 heavy (non-hydrogen) atoms. The molecule has 4 rings (SSSR count). The number of nitrogens with one attached hydrogen (secondary N) is 1. The summed E-state index contributed by atoms with van der Waals surface area (Å²) in [6.07, 6.45) is -1.23. The minimum absolute atomic E-state index is 0.0316. The molecule has 0 atom stereocenters.